The van der Waals surface area contributed by atoms with E-state index in [9.17, 15) is 17.8 Å². The summed E-state index contributed by atoms with van der Waals surface area (Å²) in [7, 11) is -4.24. The predicted octanol–water partition coefficient (Wildman–Crippen LogP) is 4.14. The molecule has 2 fully saturated rings. The lowest BCUT2D eigenvalue weighted by Crippen LogP contribution is -2.42. The van der Waals surface area contributed by atoms with Gasteiger partial charge < -0.3 is 4.74 Å². The third-order valence-electron chi connectivity index (χ3n) is 6.41. The van der Waals surface area contributed by atoms with Gasteiger partial charge in [0.2, 0.25) is 0 Å². The minimum absolute atomic E-state index is 0.00332. The number of ketones is 1. The number of Topliss-reactive ketones (excluding diaryl/α,β-unsaturated/α-hetero) is 1. The molecule has 3 rings (SSSR count). The highest BCUT2D eigenvalue weighted by atomic mass is 32.2. The Morgan fingerprint density at radius 3 is 2.74 bits per heavy atom. The molecule has 2 unspecified atom stereocenters. The molecule has 1 aromatic rings. The number of ether oxygens (including phenoxy) is 1. The van der Waals surface area contributed by atoms with Crippen molar-refractivity contribution in [2.45, 2.75) is 46.5 Å². The van der Waals surface area contributed by atoms with Crippen molar-refractivity contribution in [3.05, 3.63) is 35.4 Å². The van der Waals surface area contributed by atoms with E-state index >= 15 is 0 Å². The van der Waals surface area contributed by atoms with Crippen LogP contribution >= 0.6 is 0 Å². The molecule has 148 valence electrons. The summed E-state index contributed by atoms with van der Waals surface area (Å²) in [4.78, 5) is 13.2. The lowest BCUT2D eigenvalue weighted by Gasteiger charge is -2.34. The van der Waals surface area contributed by atoms with Gasteiger partial charge in [0.15, 0.2) is 5.78 Å². The highest BCUT2D eigenvalue weighted by Crippen LogP contribution is 2.66. The first-order valence-corrected chi connectivity index (χ1v) is 11.2. The first kappa shape index (κ1) is 20.1. The van der Waals surface area contributed by atoms with Gasteiger partial charge in [-0.25, -0.2) is 0 Å². The minimum Gasteiger partial charge on any atom is -0.494 e. The molecule has 2 aliphatic carbocycles. The molecule has 0 radical (unpaired) electrons. The van der Waals surface area contributed by atoms with Crippen LogP contribution in [-0.4, -0.2) is 31.1 Å². The van der Waals surface area contributed by atoms with E-state index in [1.165, 1.54) is 0 Å². The smallest absolute Gasteiger partial charge is 0.265 e. The van der Waals surface area contributed by atoms with Gasteiger partial charge >= 0.3 is 0 Å². The molecule has 1 N–H and O–H groups in total. The van der Waals surface area contributed by atoms with Gasteiger partial charge in [0.25, 0.3) is 10.1 Å². The summed E-state index contributed by atoms with van der Waals surface area (Å²) in [6, 6.07) is 7.61. The Labute approximate surface area is 161 Å². The molecule has 2 saturated carbocycles. The van der Waals surface area contributed by atoms with Gasteiger partial charge in [-0.2, -0.15) is 8.42 Å². The molecule has 5 nitrogen and oxygen atoms in total. The fraction of sp³-hybridized carbons (Fsp3) is 0.571. The van der Waals surface area contributed by atoms with Crippen LogP contribution in [0.25, 0.3) is 6.08 Å². The van der Waals surface area contributed by atoms with E-state index < -0.39 is 26.7 Å². The van der Waals surface area contributed by atoms with Crippen LogP contribution in [0.5, 0.6) is 5.75 Å². The fourth-order valence-electron chi connectivity index (χ4n) is 4.80. The summed E-state index contributed by atoms with van der Waals surface area (Å²) in [5.74, 6) is 0.121. The fourth-order valence-corrected chi connectivity index (χ4v) is 6.07. The third kappa shape index (κ3) is 3.57. The number of hydrogen-bond acceptors (Lipinski definition) is 4. The van der Waals surface area contributed by atoms with Crippen LogP contribution in [0.3, 0.4) is 0 Å². The van der Waals surface area contributed by atoms with Crippen molar-refractivity contribution in [1.29, 1.82) is 0 Å². The average molecular weight is 393 g/mol. The number of unbranched alkanes of at least 4 members (excludes halogenated alkanes) is 1. The van der Waals surface area contributed by atoms with E-state index in [2.05, 4.69) is 6.92 Å². The van der Waals surface area contributed by atoms with Crippen molar-refractivity contribution in [2.75, 3.05) is 12.4 Å². The molecule has 0 aliphatic heterocycles. The molecule has 2 aliphatic rings. The first-order valence-electron chi connectivity index (χ1n) is 9.55. The maximum absolute atomic E-state index is 13.2. The Balaban J connectivity index is 1.92. The molecule has 0 heterocycles. The maximum Gasteiger partial charge on any atom is 0.265 e. The van der Waals surface area contributed by atoms with Crippen LogP contribution < -0.4 is 4.74 Å². The van der Waals surface area contributed by atoms with Crippen LogP contribution in [-0.2, 0) is 14.9 Å². The normalized spacial score (nSPS) is 28.1. The van der Waals surface area contributed by atoms with E-state index in [0.29, 0.717) is 18.6 Å². The van der Waals surface area contributed by atoms with Crippen LogP contribution in [0.1, 0.15) is 52.0 Å². The number of carbonyl (C=O) groups is 1. The van der Waals surface area contributed by atoms with Gasteiger partial charge in [-0.05, 0) is 54.4 Å². The van der Waals surface area contributed by atoms with E-state index in [4.69, 9.17) is 4.74 Å². The van der Waals surface area contributed by atoms with Crippen molar-refractivity contribution in [3.63, 3.8) is 0 Å². The van der Waals surface area contributed by atoms with E-state index in [-0.39, 0.29) is 11.7 Å². The van der Waals surface area contributed by atoms with Crippen molar-refractivity contribution in [2.24, 2.45) is 16.7 Å². The lowest BCUT2D eigenvalue weighted by atomic mass is 9.70. The standard InChI is InChI=1S/C21H28O5S/c1-4-5-11-26-16-8-6-7-15(12-16)13-17-18-9-10-21(19(17)22,20(18,2)3)14-27(23,24)25/h6-8,12-13,18H,4-5,9-11,14H2,1-3H3,(H,23,24,25). The molecule has 0 amide bonds. The topological polar surface area (TPSA) is 80.7 Å². The average Bonchev–Trinajstić information content (AvgIpc) is 2.89. The summed E-state index contributed by atoms with van der Waals surface area (Å²) in [6.45, 7) is 6.65. The zero-order valence-electron chi connectivity index (χ0n) is 16.2. The number of hydrogen-bond donors (Lipinski definition) is 1. The van der Waals surface area contributed by atoms with Gasteiger partial charge in [-0.15, -0.1) is 0 Å². The monoisotopic (exact) mass is 392 g/mol. The summed E-state index contributed by atoms with van der Waals surface area (Å²) in [5, 5.41) is 0. The van der Waals surface area contributed by atoms with E-state index in [1.54, 1.807) is 0 Å². The van der Waals surface area contributed by atoms with Gasteiger partial charge in [0.05, 0.1) is 17.8 Å². The molecule has 0 saturated heterocycles. The molecule has 6 heteroatoms. The number of allylic oxidation sites excluding steroid dienone is 1. The maximum atomic E-state index is 13.2. The zero-order valence-corrected chi connectivity index (χ0v) is 17.0. The van der Waals surface area contributed by atoms with Crippen molar-refractivity contribution in [3.8, 4) is 5.75 Å². The Morgan fingerprint density at radius 2 is 2.07 bits per heavy atom. The number of carbonyl (C=O) groups excluding carboxylic acids is 1. The van der Waals surface area contributed by atoms with Gasteiger partial charge in [0, 0.05) is 5.57 Å². The number of benzene rings is 1. The van der Waals surface area contributed by atoms with E-state index in [1.807, 2.05) is 44.2 Å². The molecule has 1 aromatic carbocycles. The molecular formula is C21H28O5S. The Hall–Kier alpha value is -1.66. The number of fused-ring (bicyclic) bond motifs is 2. The Morgan fingerprint density at radius 1 is 1.33 bits per heavy atom. The SMILES string of the molecule is CCCCOc1cccc(C=C2C(=O)C3(CS(=O)(=O)O)CCC2C3(C)C)c1. The minimum atomic E-state index is -4.24. The Kier molecular flexibility index (Phi) is 5.25. The molecule has 2 bridgehead atoms. The largest absolute Gasteiger partial charge is 0.494 e. The number of rotatable bonds is 7. The van der Waals surface area contributed by atoms with E-state index in [0.717, 1.165) is 30.6 Å². The second kappa shape index (κ2) is 7.06. The third-order valence-corrected chi connectivity index (χ3v) is 7.27. The van der Waals surface area contributed by atoms with Crippen molar-refractivity contribution < 1.29 is 22.5 Å². The van der Waals surface area contributed by atoms with Gasteiger partial charge in [0.1, 0.15) is 5.75 Å². The van der Waals surface area contributed by atoms with Crippen molar-refractivity contribution in [1.82, 2.24) is 0 Å². The van der Waals surface area contributed by atoms with Crippen LogP contribution in [0, 0.1) is 16.7 Å². The predicted molar refractivity (Wildman–Crippen MR) is 105 cm³/mol. The van der Waals surface area contributed by atoms with Crippen LogP contribution in [0.2, 0.25) is 0 Å². The highest BCUT2D eigenvalue weighted by Gasteiger charge is 2.67. The lowest BCUT2D eigenvalue weighted by molar-refractivity contribution is -0.125. The molecule has 0 spiro atoms. The summed E-state index contributed by atoms with van der Waals surface area (Å²) in [6.07, 6.45) is 5.17. The Bertz CT molecular complexity index is 868. The molecule has 2 atom stereocenters. The quantitative estimate of drug-likeness (QED) is 0.428. The summed E-state index contributed by atoms with van der Waals surface area (Å²) >= 11 is 0. The van der Waals surface area contributed by atoms with Crippen molar-refractivity contribution >= 4 is 22.0 Å². The van der Waals surface area contributed by atoms with Gasteiger partial charge in [-0.1, -0.05) is 39.3 Å². The highest BCUT2D eigenvalue weighted by molar-refractivity contribution is 7.85. The summed E-state index contributed by atoms with van der Waals surface area (Å²) in [5.41, 5.74) is 0.00565. The molecule has 0 aromatic heterocycles. The zero-order chi connectivity index (χ0) is 19.9. The second-order valence-electron chi connectivity index (χ2n) is 8.32. The molecular weight excluding hydrogens is 364 g/mol. The molecule has 27 heavy (non-hydrogen) atoms. The summed E-state index contributed by atoms with van der Waals surface area (Å²) < 4.78 is 38.4. The van der Waals surface area contributed by atoms with Crippen LogP contribution in [0.15, 0.2) is 29.8 Å². The van der Waals surface area contributed by atoms with Crippen LogP contribution in [0.4, 0.5) is 0 Å². The second-order valence-corrected chi connectivity index (χ2v) is 9.78. The van der Waals surface area contributed by atoms with Gasteiger partial charge in [-0.3, -0.25) is 9.35 Å². The first-order chi connectivity index (χ1) is 12.6.